The van der Waals surface area contributed by atoms with E-state index in [4.69, 9.17) is 14.0 Å². The molecule has 0 saturated carbocycles. The molecule has 3 heterocycles. The summed E-state index contributed by atoms with van der Waals surface area (Å²) in [5, 5.41) is 7.20. The van der Waals surface area contributed by atoms with Gasteiger partial charge in [0.05, 0.1) is 18.8 Å². The molecule has 0 aliphatic carbocycles. The van der Waals surface area contributed by atoms with E-state index in [1.165, 1.54) is 0 Å². The van der Waals surface area contributed by atoms with Crippen molar-refractivity contribution in [2.75, 3.05) is 25.1 Å². The minimum atomic E-state index is -0.107. The molecule has 24 heavy (non-hydrogen) atoms. The average Bonchev–Trinajstić information content (AvgIpc) is 3.24. The van der Waals surface area contributed by atoms with Crippen LogP contribution in [0.2, 0.25) is 0 Å². The van der Waals surface area contributed by atoms with Crippen molar-refractivity contribution < 1.29 is 14.0 Å². The molecule has 1 N–H and O–H groups in total. The van der Waals surface area contributed by atoms with Gasteiger partial charge in [0.2, 0.25) is 0 Å². The lowest BCUT2D eigenvalue weighted by Gasteiger charge is -2.29. The number of anilines is 1. The molecule has 0 bridgehead atoms. The fraction of sp³-hybridized carbons (Fsp3) is 0.588. The summed E-state index contributed by atoms with van der Waals surface area (Å²) in [6.07, 6.45) is 3.62. The number of pyridine rings is 1. The van der Waals surface area contributed by atoms with E-state index >= 15 is 0 Å². The topological polar surface area (TPSA) is 82.3 Å². The molecule has 0 spiro atoms. The van der Waals surface area contributed by atoms with Gasteiger partial charge < -0.3 is 19.3 Å². The van der Waals surface area contributed by atoms with Gasteiger partial charge in [-0.25, -0.2) is 4.98 Å². The maximum Gasteiger partial charge on any atom is 0.261 e. The maximum absolute atomic E-state index is 5.63. The highest BCUT2D eigenvalue weighted by Crippen LogP contribution is 2.32. The molecule has 1 aliphatic heterocycles. The van der Waals surface area contributed by atoms with Gasteiger partial charge in [-0.2, -0.15) is 4.98 Å². The van der Waals surface area contributed by atoms with Crippen LogP contribution < -0.4 is 5.32 Å². The smallest absolute Gasteiger partial charge is 0.261 e. The number of aromatic nitrogens is 3. The van der Waals surface area contributed by atoms with Gasteiger partial charge in [0.15, 0.2) is 12.1 Å². The normalized spacial score (nSPS) is 15.8. The monoisotopic (exact) mass is 332 g/mol. The molecule has 130 valence electrons. The number of nitrogens with zero attached hydrogens (tertiary/aromatic N) is 3. The molecule has 0 amide bonds. The Morgan fingerprint density at radius 2 is 2.08 bits per heavy atom. The van der Waals surface area contributed by atoms with Gasteiger partial charge in [-0.3, -0.25) is 0 Å². The van der Waals surface area contributed by atoms with E-state index in [9.17, 15) is 0 Å². The van der Waals surface area contributed by atoms with E-state index in [1.807, 2.05) is 12.1 Å². The van der Waals surface area contributed by atoms with Crippen LogP contribution in [0.5, 0.6) is 0 Å². The van der Waals surface area contributed by atoms with Crippen molar-refractivity contribution in [1.82, 2.24) is 15.1 Å². The quantitative estimate of drug-likeness (QED) is 0.780. The van der Waals surface area contributed by atoms with Crippen LogP contribution in [0.4, 0.5) is 5.82 Å². The molecule has 7 heteroatoms. The highest BCUT2D eigenvalue weighted by atomic mass is 16.7. The van der Waals surface area contributed by atoms with Crippen molar-refractivity contribution in [2.45, 2.75) is 39.9 Å². The van der Waals surface area contributed by atoms with Gasteiger partial charge in [0.25, 0.3) is 5.89 Å². The number of ether oxygens (including phenoxy) is 2. The Kier molecular flexibility index (Phi) is 5.11. The molecular weight excluding hydrogens is 308 g/mol. The Morgan fingerprint density at radius 3 is 2.79 bits per heavy atom. The van der Waals surface area contributed by atoms with E-state index < -0.39 is 0 Å². The highest BCUT2D eigenvalue weighted by Gasteiger charge is 2.33. The molecule has 3 rings (SSSR count). The molecule has 1 fully saturated rings. The van der Waals surface area contributed by atoms with Gasteiger partial charge in [0.1, 0.15) is 5.82 Å². The molecular formula is C17H24N4O3. The maximum atomic E-state index is 5.63. The second kappa shape index (κ2) is 7.27. The third kappa shape index (κ3) is 3.91. The second-order valence-electron chi connectivity index (χ2n) is 6.64. The van der Waals surface area contributed by atoms with Crippen LogP contribution >= 0.6 is 0 Å². The van der Waals surface area contributed by atoms with Gasteiger partial charge >= 0.3 is 0 Å². The third-order valence-electron chi connectivity index (χ3n) is 4.12. The summed E-state index contributed by atoms with van der Waals surface area (Å²) in [7, 11) is 0. The first-order valence-electron chi connectivity index (χ1n) is 8.29. The van der Waals surface area contributed by atoms with Crippen molar-refractivity contribution in [3.05, 3.63) is 24.2 Å². The van der Waals surface area contributed by atoms with Crippen LogP contribution in [0.1, 0.15) is 32.5 Å². The highest BCUT2D eigenvalue weighted by molar-refractivity contribution is 5.68. The van der Waals surface area contributed by atoms with Crippen molar-refractivity contribution in [1.29, 1.82) is 0 Å². The zero-order valence-corrected chi connectivity index (χ0v) is 14.4. The molecule has 0 unspecified atom stereocenters. The van der Waals surface area contributed by atoms with Crippen LogP contribution in [0.3, 0.4) is 0 Å². The molecule has 0 radical (unpaired) electrons. The van der Waals surface area contributed by atoms with Gasteiger partial charge in [-0.15, -0.1) is 0 Å². The lowest BCUT2D eigenvalue weighted by Crippen LogP contribution is -2.30. The Balaban J connectivity index is 1.55. The summed E-state index contributed by atoms with van der Waals surface area (Å²) in [6.45, 7) is 8.33. The molecule has 1 aliphatic rings. The number of hydrogen-bond donors (Lipinski definition) is 1. The molecule has 0 aromatic carbocycles. The van der Waals surface area contributed by atoms with Crippen LogP contribution in [0.25, 0.3) is 11.5 Å². The van der Waals surface area contributed by atoms with E-state index in [2.05, 4.69) is 34.3 Å². The van der Waals surface area contributed by atoms with Crippen molar-refractivity contribution in [3.8, 4) is 11.5 Å². The summed E-state index contributed by atoms with van der Waals surface area (Å²) < 4.78 is 16.5. The van der Waals surface area contributed by atoms with Crippen molar-refractivity contribution >= 4 is 5.82 Å². The van der Waals surface area contributed by atoms with E-state index in [-0.39, 0.29) is 11.7 Å². The van der Waals surface area contributed by atoms with Gasteiger partial charge in [-0.1, -0.05) is 19.0 Å². The predicted octanol–water partition coefficient (Wildman–Crippen LogP) is 3.03. The van der Waals surface area contributed by atoms with Crippen LogP contribution in [0, 0.1) is 12.3 Å². The first kappa shape index (κ1) is 16.9. The van der Waals surface area contributed by atoms with E-state index in [1.54, 1.807) is 13.1 Å². The first-order valence-corrected chi connectivity index (χ1v) is 8.29. The second-order valence-corrected chi connectivity index (χ2v) is 6.64. The summed E-state index contributed by atoms with van der Waals surface area (Å²) in [5.41, 5.74) is 0.814. The minimum absolute atomic E-state index is 0.00523. The Labute approximate surface area is 141 Å². The predicted molar refractivity (Wildman–Crippen MR) is 89.5 cm³/mol. The third-order valence-corrected chi connectivity index (χ3v) is 4.12. The van der Waals surface area contributed by atoms with Crippen molar-refractivity contribution in [2.24, 2.45) is 5.41 Å². The Bertz CT molecular complexity index is 665. The number of nitrogens with one attached hydrogen (secondary N) is 1. The molecule has 1 saturated heterocycles. The molecule has 2 aromatic heterocycles. The van der Waals surface area contributed by atoms with Crippen LogP contribution in [-0.2, 0) is 9.47 Å². The largest absolute Gasteiger partial charge is 0.369 e. The number of rotatable bonds is 7. The minimum Gasteiger partial charge on any atom is -0.369 e. The fourth-order valence-electron chi connectivity index (χ4n) is 2.80. The van der Waals surface area contributed by atoms with Crippen LogP contribution in [-0.4, -0.2) is 41.2 Å². The fourth-order valence-corrected chi connectivity index (χ4v) is 2.80. The Hall–Kier alpha value is -1.99. The number of hydrogen-bond acceptors (Lipinski definition) is 7. The lowest BCUT2D eigenvalue weighted by atomic mass is 9.87. The zero-order chi connectivity index (χ0) is 17.0. The summed E-state index contributed by atoms with van der Waals surface area (Å²) in [6, 6.07) is 3.78. The standard InChI is InChI=1S/C17H24N4O3/c1-12-20-15(24-21-12)13-6-4-8-18-14(13)19-9-5-7-17(2,3)16-22-10-11-23-16/h4,6,8,16H,5,7,9-11H2,1-3H3,(H,18,19). The lowest BCUT2D eigenvalue weighted by molar-refractivity contribution is -0.122. The van der Waals surface area contributed by atoms with Gasteiger partial charge in [0, 0.05) is 18.2 Å². The number of aryl methyl sites for hydroxylation is 1. The molecule has 0 atom stereocenters. The van der Waals surface area contributed by atoms with E-state index in [0.29, 0.717) is 24.9 Å². The van der Waals surface area contributed by atoms with Crippen molar-refractivity contribution in [3.63, 3.8) is 0 Å². The molecule has 2 aromatic rings. The summed E-state index contributed by atoms with van der Waals surface area (Å²) in [5.74, 6) is 1.85. The first-order chi connectivity index (χ1) is 11.6. The van der Waals surface area contributed by atoms with Gasteiger partial charge in [-0.05, 0) is 31.9 Å². The Morgan fingerprint density at radius 1 is 1.29 bits per heavy atom. The SMILES string of the molecule is Cc1noc(-c2cccnc2NCCCC(C)(C)C2OCCO2)n1. The summed E-state index contributed by atoms with van der Waals surface area (Å²) in [4.78, 5) is 8.66. The van der Waals surface area contributed by atoms with E-state index in [0.717, 1.165) is 30.8 Å². The zero-order valence-electron chi connectivity index (χ0n) is 14.4. The van der Waals surface area contributed by atoms with Crippen LogP contribution in [0.15, 0.2) is 22.9 Å². The molecule has 7 nitrogen and oxygen atoms in total. The average molecular weight is 332 g/mol. The summed E-state index contributed by atoms with van der Waals surface area (Å²) >= 11 is 0.